The second kappa shape index (κ2) is 5.70. The van der Waals surface area contributed by atoms with E-state index in [0.29, 0.717) is 22.8 Å². The third kappa shape index (κ3) is 3.23. The van der Waals surface area contributed by atoms with E-state index in [1.54, 1.807) is 6.07 Å². The maximum atomic E-state index is 5.85. The molecule has 0 N–H and O–H groups in total. The smallest absolute Gasteiger partial charge is 0.218 e. The minimum absolute atomic E-state index is 0.187. The Morgan fingerprint density at radius 2 is 2.50 bits per heavy atom. The summed E-state index contributed by atoms with van der Waals surface area (Å²) in [6.07, 6.45) is 4.24. The lowest BCUT2D eigenvalue weighted by molar-refractivity contribution is 0.0660. The number of halogens is 1. The fraction of sp³-hybridized carbons (Fsp3) is 0.600. The quantitative estimate of drug-likeness (QED) is 0.473. The highest BCUT2D eigenvalue weighted by Crippen LogP contribution is 2.20. The van der Waals surface area contributed by atoms with E-state index in [4.69, 9.17) is 21.1 Å². The summed E-state index contributed by atoms with van der Waals surface area (Å²) in [5.41, 5.74) is 0. The number of ether oxygens (including phenoxy) is 2. The predicted octanol–water partition coefficient (Wildman–Crippen LogP) is 2.41. The molecule has 1 aromatic rings. The molecule has 1 aromatic heterocycles. The van der Waals surface area contributed by atoms with E-state index in [2.05, 4.69) is 9.97 Å². The molecule has 1 atom stereocenters. The van der Waals surface area contributed by atoms with Crippen LogP contribution in [0.4, 0.5) is 0 Å². The summed E-state index contributed by atoms with van der Waals surface area (Å²) in [6.45, 7) is 1.36. The first kappa shape index (κ1) is 12.0. The second-order valence-electron chi connectivity index (χ2n) is 3.46. The Morgan fingerprint density at radius 1 is 1.62 bits per heavy atom. The van der Waals surface area contributed by atoms with Crippen LogP contribution < -0.4 is 4.74 Å². The fourth-order valence-corrected chi connectivity index (χ4v) is 2.09. The van der Waals surface area contributed by atoms with Crippen LogP contribution in [-0.4, -0.2) is 35.5 Å². The lowest BCUT2D eigenvalue weighted by Crippen LogP contribution is -2.16. The zero-order valence-electron chi connectivity index (χ0n) is 8.98. The van der Waals surface area contributed by atoms with Crippen molar-refractivity contribution in [3.05, 3.63) is 11.2 Å². The molecule has 0 bridgehead atoms. The van der Waals surface area contributed by atoms with Crippen molar-refractivity contribution >= 4 is 23.4 Å². The van der Waals surface area contributed by atoms with Gasteiger partial charge in [0.25, 0.3) is 0 Å². The number of thioether (sulfide) groups is 1. The molecular weight excluding hydrogens is 248 g/mol. The van der Waals surface area contributed by atoms with E-state index >= 15 is 0 Å². The zero-order valence-corrected chi connectivity index (χ0v) is 10.6. The van der Waals surface area contributed by atoms with E-state index in [9.17, 15) is 0 Å². The highest BCUT2D eigenvalue weighted by Gasteiger charge is 2.16. The Hall–Kier alpha value is -0.520. The van der Waals surface area contributed by atoms with Gasteiger partial charge in [-0.2, -0.15) is 4.98 Å². The maximum absolute atomic E-state index is 5.85. The molecule has 0 saturated carbocycles. The van der Waals surface area contributed by atoms with Crippen molar-refractivity contribution in [1.29, 1.82) is 0 Å². The van der Waals surface area contributed by atoms with Gasteiger partial charge in [0.2, 0.25) is 5.88 Å². The van der Waals surface area contributed by atoms with Crippen LogP contribution in [0, 0.1) is 0 Å². The molecule has 4 nitrogen and oxygen atoms in total. The first-order chi connectivity index (χ1) is 7.78. The van der Waals surface area contributed by atoms with Crippen molar-refractivity contribution in [1.82, 2.24) is 9.97 Å². The molecule has 1 aliphatic rings. The van der Waals surface area contributed by atoms with Gasteiger partial charge < -0.3 is 9.47 Å². The van der Waals surface area contributed by atoms with Gasteiger partial charge in [0.15, 0.2) is 5.16 Å². The molecule has 2 rings (SSSR count). The largest absolute Gasteiger partial charge is 0.475 e. The lowest BCUT2D eigenvalue weighted by atomic mass is 10.2. The van der Waals surface area contributed by atoms with Crippen LogP contribution in [0.15, 0.2) is 11.2 Å². The van der Waals surface area contributed by atoms with Crippen molar-refractivity contribution in [2.75, 3.05) is 19.5 Å². The van der Waals surface area contributed by atoms with Crippen LogP contribution in [0.25, 0.3) is 0 Å². The first-order valence-corrected chi connectivity index (χ1v) is 6.71. The number of hydrogen-bond acceptors (Lipinski definition) is 5. The van der Waals surface area contributed by atoms with Crippen molar-refractivity contribution in [3.63, 3.8) is 0 Å². The summed E-state index contributed by atoms with van der Waals surface area (Å²) in [5.74, 6) is 0.514. The molecule has 0 aliphatic carbocycles. The first-order valence-electron chi connectivity index (χ1n) is 5.11. The molecule has 0 radical (unpaired) electrons. The van der Waals surface area contributed by atoms with Gasteiger partial charge in [-0.05, 0) is 19.1 Å². The minimum atomic E-state index is 0.187. The van der Waals surface area contributed by atoms with Gasteiger partial charge in [0, 0.05) is 12.7 Å². The van der Waals surface area contributed by atoms with Gasteiger partial charge in [0.1, 0.15) is 11.8 Å². The van der Waals surface area contributed by atoms with Crippen LogP contribution >= 0.6 is 23.4 Å². The Labute approximate surface area is 104 Å². The maximum Gasteiger partial charge on any atom is 0.218 e. The van der Waals surface area contributed by atoms with Gasteiger partial charge in [-0.15, -0.1) is 0 Å². The van der Waals surface area contributed by atoms with Crippen molar-refractivity contribution < 1.29 is 9.47 Å². The van der Waals surface area contributed by atoms with E-state index in [0.717, 1.165) is 19.4 Å². The zero-order chi connectivity index (χ0) is 11.4. The molecule has 2 heterocycles. The standard InChI is InChI=1S/C10H13ClN2O2S/c1-16-10-12-8(11)5-9(13-10)15-6-7-3-2-4-14-7/h5,7H,2-4,6H2,1H3. The molecular formula is C10H13ClN2O2S. The molecule has 6 heteroatoms. The highest BCUT2D eigenvalue weighted by atomic mass is 35.5. The molecule has 0 aromatic carbocycles. The summed E-state index contributed by atoms with van der Waals surface area (Å²) in [6, 6.07) is 1.62. The normalized spacial score (nSPS) is 20.0. The monoisotopic (exact) mass is 260 g/mol. The second-order valence-corrected chi connectivity index (χ2v) is 4.62. The summed E-state index contributed by atoms with van der Waals surface area (Å²) >= 11 is 7.29. The topological polar surface area (TPSA) is 44.2 Å². The predicted molar refractivity (Wildman–Crippen MR) is 63.3 cm³/mol. The molecule has 1 aliphatic heterocycles. The van der Waals surface area contributed by atoms with E-state index < -0.39 is 0 Å². The van der Waals surface area contributed by atoms with Crippen molar-refractivity contribution in [2.45, 2.75) is 24.1 Å². The van der Waals surface area contributed by atoms with Crippen LogP contribution in [0.3, 0.4) is 0 Å². The average molecular weight is 261 g/mol. The molecule has 0 spiro atoms. The van der Waals surface area contributed by atoms with Gasteiger partial charge >= 0.3 is 0 Å². The fourth-order valence-electron chi connectivity index (χ4n) is 1.50. The van der Waals surface area contributed by atoms with Crippen molar-refractivity contribution in [2.24, 2.45) is 0 Å². The van der Waals surface area contributed by atoms with Gasteiger partial charge in [0.05, 0.1) is 6.10 Å². The Morgan fingerprint density at radius 3 is 3.19 bits per heavy atom. The van der Waals surface area contributed by atoms with Gasteiger partial charge in [-0.25, -0.2) is 4.98 Å². The van der Waals surface area contributed by atoms with Crippen LogP contribution in [0.2, 0.25) is 5.15 Å². The van der Waals surface area contributed by atoms with Crippen LogP contribution in [-0.2, 0) is 4.74 Å². The van der Waals surface area contributed by atoms with E-state index in [-0.39, 0.29) is 6.10 Å². The summed E-state index contributed by atoms with van der Waals surface area (Å²) < 4.78 is 11.0. The number of aromatic nitrogens is 2. The minimum Gasteiger partial charge on any atom is -0.475 e. The summed E-state index contributed by atoms with van der Waals surface area (Å²) in [5, 5.41) is 1.02. The Bertz CT molecular complexity index is 359. The summed E-state index contributed by atoms with van der Waals surface area (Å²) in [4.78, 5) is 8.24. The SMILES string of the molecule is CSc1nc(Cl)cc(OCC2CCCO2)n1. The van der Waals surface area contributed by atoms with Gasteiger partial charge in [-0.1, -0.05) is 23.4 Å². The molecule has 88 valence electrons. The van der Waals surface area contributed by atoms with Gasteiger partial charge in [-0.3, -0.25) is 0 Å². The molecule has 1 fully saturated rings. The molecule has 16 heavy (non-hydrogen) atoms. The van der Waals surface area contributed by atoms with Crippen LogP contribution in [0.1, 0.15) is 12.8 Å². The summed E-state index contributed by atoms with van der Waals surface area (Å²) in [7, 11) is 0. The van der Waals surface area contributed by atoms with E-state index in [1.165, 1.54) is 11.8 Å². The van der Waals surface area contributed by atoms with E-state index in [1.807, 2.05) is 6.26 Å². The lowest BCUT2D eigenvalue weighted by Gasteiger charge is -2.11. The Balaban J connectivity index is 1.94. The third-order valence-corrected chi connectivity index (χ3v) is 3.02. The molecule has 1 saturated heterocycles. The number of hydrogen-bond donors (Lipinski definition) is 0. The highest BCUT2D eigenvalue weighted by molar-refractivity contribution is 7.98. The van der Waals surface area contributed by atoms with Crippen LogP contribution in [0.5, 0.6) is 5.88 Å². The average Bonchev–Trinajstić information content (AvgIpc) is 2.78. The van der Waals surface area contributed by atoms with Crippen molar-refractivity contribution in [3.8, 4) is 5.88 Å². The third-order valence-electron chi connectivity index (χ3n) is 2.27. The number of nitrogens with zero attached hydrogens (tertiary/aromatic N) is 2. The molecule has 0 amide bonds. The number of rotatable bonds is 4. The molecule has 1 unspecified atom stereocenters. The Kier molecular flexibility index (Phi) is 4.26.